The minimum atomic E-state index is 0.220. The number of piperidine rings is 1. The molecule has 2 aliphatic rings. The molecule has 0 spiro atoms. The summed E-state index contributed by atoms with van der Waals surface area (Å²) in [6.07, 6.45) is 3.75. The molecule has 0 saturated carbocycles. The fourth-order valence-corrected chi connectivity index (χ4v) is 6.01. The number of hydrogen-bond acceptors (Lipinski definition) is 16. The standard InChI is InChI=1S/C31H52N12O5/c1-38-23-32-29(37-38)41-13-11-40(12-14-41)28-26-25(33-31(36-28)43(17-21-46-4)18-22-47-5)27(39-9-7-24(48-6)8-10-39)35-30(34-26)42(15-19-44-2)16-20-45-3/h23-24H,7-22H2,1-6H3. The fourth-order valence-electron chi connectivity index (χ4n) is 6.01. The van der Waals surface area contributed by atoms with E-state index in [1.807, 2.05) is 7.05 Å². The van der Waals surface area contributed by atoms with E-state index in [1.165, 1.54) is 0 Å². The number of piperazine rings is 1. The van der Waals surface area contributed by atoms with Crippen molar-refractivity contribution in [2.75, 3.05) is 152 Å². The molecule has 0 aromatic carbocycles. The second kappa shape index (κ2) is 17.7. The van der Waals surface area contributed by atoms with Crippen LogP contribution in [0.25, 0.3) is 11.0 Å². The van der Waals surface area contributed by atoms with Crippen molar-refractivity contribution in [2.45, 2.75) is 18.9 Å². The van der Waals surface area contributed by atoms with Crippen LogP contribution in [0.15, 0.2) is 6.33 Å². The van der Waals surface area contributed by atoms with Crippen LogP contribution in [-0.2, 0) is 30.7 Å². The number of aromatic nitrogens is 7. The van der Waals surface area contributed by atoms with Gasteiger partial charge in [0, 0.05) is 108 Å². The number of anilines is 5. The maximum atomic E-state index is 5.71. The van der Waals surface area contributed by atoms with Gasteiger partial charge >= 0.3 is 0 Å². The summed E-state index contributed by atoms with van der Waals surface area (Å²) in [5, 5.41) is 4.53. The van der Waals surface area contributed by atoms with Crippen LogP contribution in [0, 0.1) is 0 Å². The minimum Gasteiger partial charge on any atom is -0.383 e. The summed E-state index contributed by atoms with van der Waals surface area (Å²) in [5.41, 5.74) is 1.44. The number of aryl methyl sites for hydroxylation is 1. The van der Waals surface area contributed by atoms with Crippen molar-refractivity contribution in [3.05, 3.63) is 6.33 Å². The van der Waals surface area contributed by atoms with E-state index in [-0.39, 0.29) is 6.10 Å². The zero-order chi connectivity index (χ0) is 33.9. The molecule has 17 nitrogen and oxygen atoms in total. The normalized spacial score (nSPS) is 15.9. The summed E-state index contributed by atoms with van der Waals surface area (Å²) in [7, 11) is 10.5. The molecule has 0 aliphatic carbocycles. The van der Waals surface area contributed by atoms with Gasteiger partial charge in [-0.2, -0.15) is 9.97 Å². The molecule has 0 N–H and O–H groups in total. The van der Waals surface area contributed by atoms with Crippen molar-refractivity contribution in [1.82, 2.24) is 34.7 Å². The Hall–Kier alpha value is -3.64. The molecule has 0 atom stereocenters. The first-order valence-corrected chi connectivity index (χ1v) is 16.7. The SMILES string of the molecule is COCCN(CCOC)c1nc(N2CCN(c3ncn(C)n3)CC2)c2nc(N(CCOC)CCOC)nc(N3CCC(OC)CC3)c2n1. The van der Waals surface area contributed by atoms with Crippen LogP contribution in [-0.4, -0.2) is 168 Å². The van der Waals surface area contributed by atoms with Crippen molar-refractivity contribution in [3.63, 3.8) is 0 Å². The smallest absolute Gasteiger partial charge is 0.244 e. The average Bonchev–Trinajstić information content (AvgIpc) is 3.57. The predicted octanol–water partition coefficient (Wildman–Crippen LogP) is 0.689. The summed E-state index contributed by atoms with van der Waals surface area (Å²) in [6, 6.07) is 0. The molecule has 0 unspecified atom stereocenters. The Kier molecular flexibility index (Phi) is 13.1. The van der Waals surface area contributed by atoms with E-state index >= 15 is 0 Å². The Bertz CT molecular complexity index is 1400. The number of nitrogens with zero attached hydrogens (tertiary/aromatic N) is 12. The molecule has 3 aromatic heterocycles. The quantitative estimate of drug-likeness (QED) is 0.187. The van der Waals surface area contributed by atoms with Gasteiger partial charge in [0.15, 0.2) is 11.6 Å². The van der Waals surface area contributed by atoms with Gasteiger partial charge in [0.05, 0.1) is 32.5 Å². The summed E-state index contributed by atoms with van der Waals surface area (Å²) in [6.45, 7) is 9.05. The van der Waals surface area contributed by atoms with E-state index in [4.69, 9.17) is 43.6 Å². The van der Waals surface area contributed by atoms with E-state index in [0.29, 0.717) is 77.6 Å². The van der Waals surface area contributed by atoms with Gasteiger partial charge in [0.2, 0.25) is 17.8 Å². The molecule has 48 heavy (non-hydrogen) atoms. The van der Waals surface area contributed by atoms with E-state index in [1.54, 1.807) is 46.6 Å². The van der Waals surface area contributed by atoms with Crippen LogP contribution in [0.5, 0.6) is 0 Å². The highest BCUT2D eigenvalue weighted by atomic mass is 16.5. The highest BCUT2D eigenvalue weighted by Crippen LogP contribution is 2.34. The largest absolute Gasteiger partial charge is 0.383 e. The van der Waals surface area contributed by atoms with Gasteiger partial charge in [-0.1, -0.05) is 0 Å². The Morgan fingerprint density at radius 1 is 0.625 bits per heavy atom. The second-order valence-electron chi connectivity index (χ2n) is 12.0. The number of hydrogen-bond donors (Lipinski definition) is 0. The minimum absolute atomic E-state index is 0.220. The average molecular weight is 673 g/mol. The first-order valence-electron chi connectivity index (χ1n) is 16.7. The molecule has 2 saturated heterocycles. The van der Waals surface area contributed by atoms with Crippen LogP contribution in [0.1, 0.15) is 12.8 Å². The zero-order valence-electron chi connectivity index (χ0n) is 29.4. The summed E-state index contributed by atoms with van der Waals surface area (Å²) in [5.74, 6) is 3.50. The van der Waals surface area contributed by atoms with E-state index in [2.05, 4.69) is 34.6 Å². The highest BCUT2D eigenvalue weighted by molar-refractivity contribution is 5.95. The lowest BCUT2D eigenvalue weighted by molar-refractivity contribution is 0.0818. The molecule has 0 amide bonds. The number of rotatable bonds is 18. The lowest BCUT2D eigenvalue weighted by Crippen LogP contribution is -2.47. The van der Waals surface area contributed by atoms with Crippen LogP contribution in [0.3, 0.4) is 0 Å². The lowest BCUT2D eigenvalue weighted by Gasteiger charge is -2.36. The van der Waals surface area contributed by atoms with E-state index < -0.39 is 0 Å². The second-order valence-corrected chi connectivity index (χ2v) is 12.0. The third-order valence-corrected chi connectivity index (χ3v) is 8.83. The summed E-state index contributed by atoms with van der Waals surface area (Å²) < 4.78 is 29.3. The van der Waals surface area contributed by atoms with Gasteiger partial charge in [0.25, 0.3) is 0 Å². The van der Waals surface area contributed by atoms with Crippen LogP contribution in [0.2, 0.25) is 0 Å². The molecule has 5 rings (SSSR count). The molecule has 2 fully saturated rings. The first kappa shape index (κ1) is 35.7. The topological polar surface area (TPSA) is 145 Å². The third-order valence-electron chi connectivity index (χ3n) is 8.83. The van der Waals surface area contributed by atoms with Gasteiger partial charge in [-0.05, 0) is 12.8 Å². The number of fused-ring (bicyclic) bond motifs is 1. The molecule has 3 aromatic rings. The Morgan fingerprint density at radius 2 is 1.06 bits per heavy atom. The van der Waals surface area contributed by atoms with Gasteiger partial charge in [-0.25, -0.2) is 15.0 Å². The van der Waals surface area contributed by atoms with Crippen molar-refractivity contribution in [1.29, 1.82) is 0 Å². The monoisotopic (exact) mass is 672 g/mol. The molecule has 0 bridgehead atoms. The Morgan fingerprint density at radius 3 is 1.46 bits per heavy atom. The molecule has 266 valence electrons. The third kappa shape index (κ3) is 8.68. The van der Waals surface area contributed by atoms with Crippen molar-refractivity contribution < 1.29 is 23.7 Å². The molecular formula is C31H52N12O5. The Balaban J connectivity index is 1.64. The predicted molar refractivity (Wildman–Crippen MR) is 185 cm³/mol. The summed E-state index contributed by atoms with van der Waals surface area (Å²) in [4.78, 5) is 36.4. The number of methoxy groups -OCH3 is 5. The van der Waals surface area contributed by atoms with Crippen molar-refractivity contribution in [2.24, 2.45) is 7.05 Å². The van der Waals surface area contributed by atoms with Gasteiger partial charge < -0.3 is 48.2 Å². The fraction of sp³-hybridized carbons (Fsp3) is 0.742. The molecule has 2 aliphatic heterocycles. The number of ether oxygens (including phenoxy) is 5. The zero-order valence-corrected chi connectivity index (χ0v) is 29.4. The van der Waals surface area contributed by atoms with Gasteiger partial charge in [-0.15, -0.1) is 5.10 Å². The van der Waals surface area contributed by atoms with E-state index in [0.717, 1.165) is 67.6 Å². The van der Waals surface area contributed by atoms with Gasteiger partial charge in [0.1, 0.15) is 17.4 Å². The maximum Gasteiger partial charge on any atom is 0.244 e. The van der Waals surface area contributed by atoms with Crippen molar-refractivity contribution in [3.8, 4) is 0 Å². The molecule has 17 heteroatoms. The van der Waals surface area contributed by atoms with Crippen LogP contribution >= 0.6 is 0 Å². The van der Waals surface area contributed by atoms with Crippen molar-refractivity contribution >= 4 is 40.5 Å². The van der Waals surface area contributed by atoms with Crippen LogP contribution < -0.4 is 24.5 Å². The molecule has 5 heterocycles. The Labute approximate surface area is 283 Å². The summed E-state index contributed by atoms with van der Waals surface area (Å²) >= 11 is 0. The highest BCUT2D eigenvalue weighted by Gasteiger charge is 2.30. The van der Waals surface area contributed by atoms with E-state index in [9.17, 15) is 0 Å². The maximum absolute atomic E-state index is 5.71. The first-order chi connectivity index (χ1) is 23.5. The van der Waals surface area contributed by atoms with Crippen LogP contribution in [0.4, 0.5) is 29.5 Å². The van der Waals surface area contributed by atoms with Gasteiger partial charge in [-0.3, -0.25) is 4.68 Å². The lowest BCUT2D eigenvalue weighted by atomic mass is 10.1. The molecule has 0 radical (unpaired) electrons. The molecular weight excluding hydrogens is 620 g/mol.